The molecule has 0 saturated carbocycles. The Hall–Kier alpha value is -1.42. The van der Waals surface area contributed by atoms with Gasteiger partial charge in [0.05, 0.1) is 5.69 Å². The number of amides is 1. The Labute approximate surface area is 89.1 Å². The van der Waals surface area contributed by atoms with Gasteiger partial charge in [-0.3, -0.25) is 9.78 Å². The van der Waals surface area contributed by atoms with E-state index in [2.05, 4.69) is 4.98 Å². The summed E-state index contributed by atoms with van der Waals surface area (Å²) in [4.78, 5) is 17.9. The number of carbonyl (C=O) groups is 1. The van der Waals surface area contributed by atoms with Gasteiger partial charge in [0.15, 0.2) is 0 Å². The minimum absolute atomic E-state index is 0.101. The molecule has 0 radical (unpaired) electrons. The van der Waals surface area contributed by atoms with Gasteiger partial charge < -0.3 is 10.6 Å². The lowest BCUT2D eigenvalue weighted by atomic mass is 10.2. The molecule has 1 aliphatic rings. The van der Waals surface area contributed by atoms with Crippen LogP contribution < -0.4 is 5.73 Å². The summed E-state index contributed by atoms with van der Waals surface area (Å²) in [6.45, 7) is 2.12. The molecule has 4 nitrogen and oxygen atoms in total. The van der Waals surface area contributed by atoms with E-state index >= 15 is 0 Å². The molecule has 1 fully saturated rings. The highest BCUT2D eigenvalue weighted by molar-refractivity contribution is 5.94. The first kappa shape index (κ1) is 10.1. The summed E-state index contributed by atoms with van der Waals surface area (Å²) < 4.78 is 0. The van der Waals surface area contributed by atoms with Gasteiger partial charge in [0, 0.05) is 31.4 Å². The lowest BCUT2D eigenvalue weighted by Gasteiger charge is -2.15. The van der Waals surface area contributed by atoms with Crippen LogP contribution in [0.25, 0.3) is 0 Å². The molecule has 1 amide bonds. The van der Waals surface area contributed by atoms with E-state index in [-0.39, 0.29) is 5.91 Å². The van der Waals surface area contributed by atoms with Gasteiger partial charge in [-0.25, -0.2) is 0 Å². The molecule has 0 atom stereocenters. The number of aromatic nitrogens is 1. The Kier molecular flexibility index (Phi) is 2.97. The van der Waals surface area contributed by atoms with E-state index in [1.165, 1.54) is 0 Å². The van der Waals surface area contributed by atoms with Crippen LogP contribution in [0.2, 0.25) is 0 Å². The van der Waals surface area contributed by atoms with E-state index in [1.807, 2.05) is 4.90 Å². The van der Waals surface area contributed by atoms with Gasteiger partial charge in [-0.15, -0.1) is 0 Å². The fraction of sp³-hybridized carbons (Fsp3) is 0.455. The predicted molar refractivity (Wildman–Crippen MR) is 57.3 cm³/mol. The zero-order chi connectivity index (χ0) is 10.7. The molecule has 2 heterocycles. The molecule has 4 heteroatoms. The number of pyridine rings is 1. The van der Waals surface area contributed by atoms with Crippen LogP contribution in [0.4, 0.5) is 0 Å². The summed E-state index contributed by atoms with van der Waals surface area (Å²) in [5, 5.41) is 0. The van der Waals surface area contributed by atoms with Crippen molar-refractivity contribution in [3.8, 4) is 0 Å². The SMILES string of the molecule is NCc1cc(C(=O)N2CCCC2)ccn1. The van der Waals surface area contributed by atoms with E-state index < -0.39 is 0 Å². The largest absolute Gasteiger partial charge is 0.339 e. The molecule has 0 aliphatic carbocycles. The lowest BCUT2D eigenvalue weighted by Crippen LogP contribution is -2.27. The van der Waals surface area contributed by atoms with E-state index in [9.17, 15) is 4.79 Å². The molecule has 1 aromatic rings. The standard InChI is InChI=1S/C11H15N3O/c12-8-10-7-9(3-4-13-10)11(15)14-5-1-2-6-14/h3-4,7H,1-2,5-6,8,12H2. The number of hydrogen-bond donors (Lipinski definition) is 1. The van der Waals surface area contributed by atoms with Gasteiger partial charge in [-0.1, -0.05) is 0 Å². The van der Waals surface area contributed by atoms with Crippen molar-refractivity contribution in [3.63, 3.8) is 0 Å². The van der Waals surface area contributed by atoms with Crippen LogP contribution in [-0.2, 0) is 6.54 Å². The maximum atomic E-state index is 12.0. The Morgan fingerprint density at radius 2 is 2.20 bits per heavy atom. The maximum Gasteiger partial charge on any atom is 0.253 e. The molecule has 15 heavy (non-hydrogen) atoms. The van der Waals surface area contributed by atoms with Crippen LogP contribution in [0.1, 0.15) is 28.9 Å². The lowest BCUT2D eigenvalue weighted by molar-refractivity contribution is 0.0792. The topological polar surface area (TPSA) is 59.2 Å². The van der Waals surface area contributed by atoms with E-state index in [4.69, 9.17) is 5.73 Å². The maximum absolute atomic E-state index is 12.0. The fourth-order valence-electron chi connectivity index (χ4n) is 1.83. The van der Waals surface area contributed by atoms with E-state index in [0.29, 0.717) is 12.1 Å². The number of rotatable bonds is 2. The smallest absolute Gasteiger partial charge is 0.253 e. The molecule has 0 bridgehead atoms. The molecule has 0 aromatic carbocycles. The number of carbonyl (C=O) groups excluding carboxylic acids is 1. The second-order valence-electron chi connectivity index (χ2n) is 3.74. The van der Waals surface area contributed by atoms with Crippen LogP contribution in [0.15, 0.2) is 18.3 Å². The van der Waals surface area contributed by atoms with Gasteiger partial charge in [-0.2, -0.15) is 0 Å². The summed E-state index contributed by atoms with van der Waals surface area (Å²) in [6.07, 6.45) is 3.87. The molecular formula is C11H15N3O. The van der Waals surface area contributed by atoms with E-state index in [1.54, 1.807) is 18.3 Å². The van der Waals surface area contributed by atoms with Crippen molar-refractivity contribution >= 4 is 5.91 Å². The second kappa shape index (κ2) is 4.40. The molecule has 1 aromatic heterocycles. The van der Waals surface area contributed by atoms with Crippen LogP contribution in [0, 0.1) is 0 Å². The third kappa shape index (κ3) is 2.15. The van der Waals surface area contributed by atoms with Crippen molar-refractivity contribution in [1.29, 1.82) is 0 Å². The van der Waals surface area contributed by atoms with Crippen molar-refractivity contribution in [2.75, 3.05) is 13.1 Å². The highest BCUT2D eigenvalue weighted by Crippen LogP contribution is 2.12. The van der Waals surface area contributed by atoms with Gasteiger partial charge in [0.1, 0.15) is 0 Å². The number of nitrogens with two attached hydrogens (primary N) is 1. The Morgan fingerprint density at radius 3 is 2.87 bits per heavy atom. The molecule has 2 N–H and O–H groups in total. The first-order chi connectivity index (χ1) is 7.31. The summed E-state index contributed by atoms with van der Waals surface area (Å²) >= 11 is 0. The first-order valence-corrected chi connectivity index (χ1v) is 5.25. The summed E-state index contributed by atoms with van der Waals surface area (Å²) in [7, 11) is 0. The van der Waals surface area contributed by atoms with Gasteiger partial charge in [-0.05, 0) is 25.0 Å². The predicted octanol–water partition coefficient (Wildman–Crippen LogP) is 0.776. The second-order valence-corrected chi connectivity index (χ2v) is 3.74. The first-order valence-electron chi connectivity index (χ1n) is 5.25. The molecule has 80 valence electrons. The molecule has 1 saturated heterocycles. The van der Waals surface area contributed by atoms with E-state index in [0.717, 1.165) is 31.6 Å². The van der Waals surface area contributed by atoms with Gasteiger partial charge in [0.25, 0.3) is 5.91 Å². The average molecular weight is 205 g/mol. The quantitative estimate of drug-likeness (QED) is 0.776. The monoisotopic (exact) mass is 205 g/mol. The summed E-state index contributed by atoms with van der Waals surface area (Å²) in [5.74, 6) is 0.101. The van der Waals surface area contributed by atoms with Gasteiger partial charge in [0.2, 0.25) is 0 Å². The number of hydrogen-bond acceptors (Lipinski definition) is 3. The van der Waals surface area contributed by atoms with Crippen molar-refractivity contribution in [1.82, 2.24) is 9.88 Å². The third-order valence-electron chi connectivity index (χ3n) is 2.67. The van der Waals surface area contributed by atoms with Crippen molar-refractivity contribution in [2.45, 2.75) is 19.4 Å². The van der Waals surface area contributed by atoms with Crippen LogP contribution in [0.3, 0.4) is 0 Å². The average Bonchev–Trinajstić information content (AvgIpc) is 2.81. The van der Waals surface area contributed by atoms with Gasteiger partial charge >= 0.3 is 0 Å². The summed E-state index contributed by atoms with van der Waals surface area (Å²) in [5.41, 5.74) is 6.95. The summed E-state index contributed by atoms with van der Waals surface area (Å²) in [6, 6.07) is 3.53. The fourth-order valence-corrected chi connectivity index (χ4v) is 1.83. The zero-order valence-corrected chi connectivity index (χ0v) is 8.65. The van der Waals surface area contributed by atoms with Crippen molar-refractivity contribution < 1.29 is 4.79 Å². The molecule has 1 aliphatic heterocycles. The third-order valence-corrected chi connectivity index (χ3v) is 2.67. The molecule has 0 unspecified atom stereocenters. The number of nitrogens with zero attached hydrogens (tertiary/aromatic N) is 2. The molecule has 2 rings (SSSR count). The highest BCUT2D eigenvalue weighted by Gasteiger charge is 2.19. The van der Waals surface area contributed by atoms with Crippen LogP contribution in [0.5, 0.6) is 0 Å². The zero-order valence-electron chi connectivity index (χ0n) is 8.65. The van der Waals surface area contributed by atoms with Crippen molar-refractivity contribution in [2.24, 2.45) is 5.73 Å². The normalized spacial score (nSPS) is 15.7. The molecule has 0 spiro atoms. The number of likely N-dealkylation sites (tertiary alicyclic amines) is 1. The molecular weight excluding hydrogens is 190 g/mol. The minimum atomic E-state index is 0.101. The van der Waals surface area contributed by atoms with Crippen molar-refractivity contribution in [3.05, 3.63) is 29.6 Å². The minimum Gasteiger partial charge on any atom is -0.339 e. The van der Waals surface area contributed by atoms with Crippen LogP contribution >= 0.6 is 0 Å². The van der Waals surface area contributed by atoms with Crippen LogP contribution in [-0.4, -0.2) is 28.9 Å². The Morgan fingerprint density at radius 1 is 1.47 bits per heavy atom. The highest BCUT2D eigenvalue weighted by atomic mass is 16.2. The Bertz CT molecular complexity index is 359. The Balaban J connectivity index is 2.17.